The van der Waals surface area contributed by atoms with Crippen LogP contribution in [-0.4, -0.2) is 63.3 Å². The van der Waals surface area contributed by atoms with Crippen LogP contribution in [0, 0.1) is 0 Å². The minimum atomic E-state index is -1.15. The molecule has 0 radical (unpaired) electrons. The van der Waals surface area contributed by atoms with E-state index in [4.69, 9.17) is 10.6 Å². The lowest BCUT2D eigenvalue weighted by atomic mass is 10.0. The highest BCUT2D eigenvalue weighted by Crippen LogP contribution is 2.40. The average molecular weight is 530 g/mol. The number of amides is 2. The number of nitrogens with two attached hydrogens (primary N) is 1. The van der Waals surface area contributed by atoms with E-state index in [9.17, 15) is 19.5 Å². The van der Waals surface area contributed by atoms with Crippen LogP contribution in [0.2, 0.25) is 0 Å². The van der Waals surface area contributed by atoms with E-state index in [0.717, 1.165) is 19.3 Å². The summed E-state index contributed by atoms with van der Waals surface area (Å²) in [5.41, 5.74) is 9.27. The first-order chi connectivity index (χ1) is 17.4. The third kappa shape index (κ3) is 4.32. The van der Waals surface area contributed by atoms with Gasteiger partial charge < -0.3 is 21.0 Å². The molecule has 2 amide bonds. The Kier molecular flexibility index (Phi) is 6.67. The van der Waals surface area contributed by atoms with Crippen LogP contribution in [0.15, 0.2) is 40.1 Å². The lowest BCUT2D eigenvalue weighted by molar-refractivity contribution is -0.696. The Morgan fingerprint density at radius 1 is 1.47 bits per heavy atom. The van der Waals surface area contributed by atoms with E-state index in [0.29, 0.717) is 28.7 Å². The smallest absolute Gasteiger partial charge is 0.352 e. The van der Waals surface area contributed by atoms with Gasteiger partial charge >= 0.3 is 5.97 Å². The van der Waals surface area contributed by atoms with Crippen LogP contribution < -0.4 is 15.6 Å². The molecule has 11 nitrogen and oxygen atoms in total. The first-order valence-electron chi connectivity index (χ1n) is 11.4. The lowest BCUT2D eigenvalue weighted by Crippen LogP contribution is -2.71. The number of rotatable bonds is 8. The number of β-lactam (4-membered cyclic amide) rings is 1. The van der Waals surface area contributed by atoms with Crippen molar-refractivity contribution in [1.82, 2.24) is 15.2 Å². The largest absolute Gasteiger partial charge is 0.477 e. The number of thioether (sulfide) groups is 1. The summed E-state index contributed by atoms with van der Waals surface area (Å²) in [7, 11) is 1.35. The number of pyridine rings is 1. The average Bonchev–Trinajstić information content (AvgIpc) is 3.52. The first-order valence-corrected chi connectivity index (χ1v) is 13.3. The molecule has 0 aromatic carbocycles. The van der Waals surface area contributed by atoms with Crippen molar-refractivity contribution in [2.45, 2.75) is 43.1 Å². The van der Waals surface area contributed by atoms with Gasteiger partial charge in [0.15, 0.2) is 23.6 Å². The summed E-state index contributed by atoms with van der Waals surface area (Å²) in [6.07, 6.45) is 6.30. The molecule has 5 rings (SSSR count). The molecule has 3 atom stereocenters. The standard InChI is InChI=1S/C23H24N6O5S2/c1-34-25-8-14(15-11-36-23(24)26-15)19(30)27-17-20(31)29-18(22(32)33)13(10-35-21(17)29)9-28-7-3-5-12-4-2-6-16(12)28/h3,5,7-8,11,14,17,21H,2,4,6,9-10H2,1H3,(H3-,24,26,27,30,32,33)/p+1/b25-8-/t14?,17-,21-/m1/s1. The Labute approximate surface area is 215 Å². The van der Waals surface area contributed by atoms with Gasteiger partial charge in [0, 0.05) is 34.8 Å². The maximum atomic E-state index is 13.1. The number of fused-ring (bicyclic) bond motifs is 2. The molecule has 1 fully saturated rings. The van der Waals surface area contributed by atoms with E-state index in [-0.39, 0.29) is 5.70 Å². The molecule has 0 saturated carbocycles. The number of carboxylic acids is 1. The van der Waals surface area contributed by atoms with Crippen LogP contribution in [0.5, 0.6) is 0 Å². The fraction of sp³-hybridized carbons (Fsp3) is 0.391. The van der Waals surface area contributed by atoms with Gasteiger partial charge in [-0.15, -0.1) is 23.1 Å². The van der Waals surface area contributed by atoms with Crippen LogP contribution in [0.3, 0.4) is 0 Å². The second-order valence-electron chi connectivity index (χ2n) is 8.64. The number of carbonyl (C=O) groups excluding carboxylic acids is 2. The number of hydrogen-bond donors (Lipinski definition) is 3. The quantitative estimate of drug-likeness (QED) is 0.195. The van der Waals surface area contributed by atoms with Crippen molar-refractivity contribution in [3.8, 4) is 0 Å². The van der Waals surface area contributed by atoms with Crippen molar-refractivity contribution < 1.29 is 28.9 Å². The molecule has 1 saturated heterocycles. The van der Waals surface area contributed by atoms with Gasteiger partial charge in [-0.3, -0.25) is 14.5 Å². The van der Waals surface area contributed by atoms with Gasteiger partial charge in [0.25, 0.3) is 5.91 Å². The number of carboxylic acid groups (broad SMARTS) is 1. The van der Waals surface area contributed by atoms with E-state index in [1.807, 2.05) is 12.3 Å². The number of carbonyl (C=O) groups is 3. The summed E-state index contributed by atoms with van der Waals surface area (Å²) in [6, 6.07) is 3.22. The van der Waals surface area contributed by atoms with E-state index < -0.39 is 35.1 Å². The number of nitrogen functional groups attached to an aromatic ring is 1. The zero-order chi connectivity index (χ0) is 25.4. The molecule has 13 heteroatoms. The van der Waals surface area contributed by atoms with Crippen molar-refractivity contribution in [2.24, 2.45) is 5.16 Å². The summed E-state index contributed by atoms with van der Waals surface area (Å²) in [6.45, 7) is 0.409. The van der Waals surface area contributed by atoms with Crippen molar-refractivity contribution in [1.29, 1.82) is 0 Å². The van der Waals surface area contributed by atoms with Crippen LogP contribution >= 0.6 is 23.1 Å². The normalized spacial score (nSPS) is 21.7. The monoisotopic (exact) mass is 529 g/mol. The highest BCUT2D eigenvalue weighted by Gasteiger charge is 2.55. The summed E-state index contributed by atoms with van der Waals surface area (Å²) in [5.74, 6) is -2.57. The number of anilines is 1. The van der Waals surface area contributed by atoms with Gasteiger partial charge in [0.05, 0.1) is 11.9 Å². The second-order valence-corrected chi connectivity index (χ2v) is 10.6. The molecule has 4 heterocycles. The maximum absolute atomic E-state index is 13.1. The zero-order valence-electron chi connectivity index (χ0n) is 19.4. The van der Waals surface area contributed by atoms with Crippen molar-refractivity contribution >= 4 is 52.2 Å². The van der Waals surface area contributed by atoms with Gasteiger partial charge in [-0.2, -0.15) is 4.57 Å². The molecule has 2 aromatic heterocycles. The Hall–Kier alpha value is -3.45. The fourth-order valence-corrected chi connectivity index (χ4v) is 6.79. The lowest BCUT2D eigenvalue weighted by Gasteiger charge is -2.49. The topological polar surface area (TPSA) is 151 Å². The van der Waals surface area contributed by atoms with Crippen molar-refractivity contribution in [3.63, 3.8) is 0 Å². The van der Waals surface area contributed by atoms with Gasteiger partial charge in [0.2, 0.25) is 5.91 Å². The zero-order valence-corrected chi connectivity index (χ0v) is 21.1. The number of aryl methyl sites for hydroxylation is 1. The van der Waals surface area contributed by atoms with Gasteiger partial charge in [-0.1, -0.05) is 5.16 Å². The SMILES string of the molecule is CO/N=C\C(C(=O)N[C@@H]1C(=O)N2C(C(=O)O)=C(C[n+]3cccc4c3CCC4)CS[C@H]12)c1csc(N)n1. The minimum absolute atomic E-state index is 0.00196. The maximum Gasteiger partial charge on any atom is 0.352 e. The highest BCUT2D eigenvalue weighted by atomic mass is 32.2. The third-order valence-electron chi connectivity index (χ3n) is 6.51. The predicted molar refractivity (Wildman–Crippen MR) is 133 cm³/mol. The Bertz CT molecular complexity index is 1290. The summed E-state index contributed by atoms with van der Waals surface area (Å²) in [5, 5.41) is 17.9. The Balaban J connectivity index is 1.35. The van der Waals surface area contributed by atoms with Crippen LogP contribution in [0.25, 0.3) is 0 Å². The number of aliphatic carboxylic acids is 1. The summed E-state index contributed by atoms with van der Waals surface area (Å²) in [4.78, 5) is 48.6. The number of aromatic nitrogens is 2. The molecule has 0 bridgehead atoms. The molecule has 36 heavy (non-hydrogen) atoms. The molecule has 2 aromatic rings. The number of nitrogens with one attached hydrogen (secondary N) is 1. The highest BCUT2D eigenvalue weighted by molar-refractivity contribution is 8.00. The van der Waals surface area contributed by atoms with E-state index in [1.54, 1.807) is 5.38 Å². The molecular formula is C23H25N6O5S2+. The third-order valence-corrected chi connectivity index (χ3v) is 8.54. The number of hydrogen-bond acceptors (Lipinski definition) is 9. The van der Waals surface area contributed by atoms with Crippen LogP contribution in [0.1, 0.15) is 29.3 Å². The van der Waals surface area contributed by atoms with E-state index in [2.05, 4.69) is 26.1 Å². The molecule has 2 aliphatic heterocycles. The molecule has 188 valence electrons. The van der Waals surface area contributed by atoms with Gasteiger partial charge in [0.1, 0.15) is 30.1 Å². The molecule has 4 N–H and O–H groups in total. The summed E-state index contributed by atoms with van der Waals surface area (Å²) >= 11 is 2.63. The van der Waals surface area contributed by atoms with Crippen molar-refractivity contribution in [3.05, 3.63) is 51.9 Å². The number of oxime groups is 1. The van der Waals surface area contributed by atoms with E-state index >= 15 is 0 Å². The summed E-state index contributed by atoms with van der Waals surface area (Å²) < 4.78 is 2.09. The van der Waals surface area contributed by atoms with Crippen LogP contribution in [-0.2, 0) is 38.6 Å². The number of thiazole rings is 1. The Morgan fingerprint density at radius 2 is 2.31 bits per heavy atom. The van der Waals surface area contributed by atoms with E-state index in [1.165, 1.54) is 52.6 Å². The minimum Gasteiger partial charge on any atom is -0.477 e. The molecule has 1 aliphatic carbocycles. The molecule has 1 unspecified atom stereocenters. The predicted octanol–water partition coefficient (Wildman–Crippen LogP) is 0.656. The first kappa shape index (κ1) is 24.3. The molecule has 0 spiro atoms. The van der Waals surface area contributed by atoms with Gasteiger partial charge in [-0.05, 0) is 18.9 Å². The van der Waals surface area contributed by atoms with Gasteiger partial charge in [-0.25, -0.2) is 9.78 Å². The fourth-order valence-electron chi connectivity index (χ4n) is 4.86. The van der Waals surface area contributed by atoms with Crippen LogP contribution in [0.4, 0.5) is 5.13 Å². The van der Waals surface area contributed by atoms with Crippen molar-refractivity contribution in [2.75, 3.05) is 18.6 Å². The molecule has 3 aliphatic rings. The Morgan fingerprint density at radius 3 is 3.03 bits per heavy atom. The number of nitrogens with zero attached hydrogens (tertiary/aromatic N) is 4. The molecular weight excluding hydrogens is 504 g/mol. The second kappa shape index (κ2) is 9.90.